The van der Waals surface area contributed by atoms with Gasteiger partial charge in [-0.2, -0.15) is 0 Å². The average Bonchev–Trinajstić information content (AvgIpc) is 2.59. The fourth-order valence-corrected chi connectivity index (χ4v) is 2.22. The first-order valence-corrected chi connectivity index (χ1v) is 6.38. The molecule has 2 rings (SSSR count). The van der Waals surface area contributed by atoms with E-state index in [1.807, 2.05) is 19.1 Å². The number of amides is 3. The average molecular weight is 276 g/mol. The molecule has 0 radical (unpaired) electrons. The summed E-state index contributed by atoms with van der Waals surface area (Å²) in [7, 11) is 0. The van der Waals surface area contributed by atoms with Crippen LogP contribution in [0.1, 0.15) is 5.56 Å². The Morgan fingerprint density at radius 3 is 2.47 bits per heavy atom. The molecule has 0 spiro atoms. The molecule has 3 amide bonds. The van der Waals surface area contributed by atoms with E-state index in [1.165, 1.54) is 0 Å². The number of carbonyl (C=O) groups excluding carboxylic acids is 3. The number of thioether (sulfide) groups is 1. The minimum absolute atomic E-state index is 0.146. The Bertz CT molecular complexity index is 566. The van der Waals surface area contributed by atoms with Crippen LogP contribution in [-0.2, 0) is 9.59 Å². The van der Waals surface area contributed by atoms with E-state index in [-0.39, 0.29) is 11.4 Å². The fraction of sp³-hybridized carbons (Fsp3) is 0.154. The van der Waals surface area contributed by atoms with Crippen molar-refractivity contribution in [2.75, 3.05) is 11.9 Å². The third-order valence-corrected chi connectivity index (χ3v) is 3.37. The first-order valence-electron chi connectivity index (χ1n) is 5.56. The Morgan fingerprint density at radius 2 is 1.95 bits per heavy atom. The normalized spacial score (nSPS) is 15.0. The third-order valence-electron chi connectivity index (χ3n) is 2.55. The van der Waals surface area contributed by atoms with Gasteiger partial charge in [0.05, 0.1) is 4.91 Å². The maximum Gasteiger partial charge on any atom is 0.294 e. The van der Waals surface area contributed by atoms with Crippen LogP contribution in [0, 0.1) is 6.92 Å². The van der Waals surface area contributed by atoms with Gasteiger partial charge in [0, 0.05) is 5.69 Å². The Morgan fingerprint density at radius 1 is 1.32 bits per heavy atom. The van der Waals surface area contributed by atoms with Crippen molar-refractivity contribution in [1.82, 2.24) is 4.90 Å². The Kier molecular flexibility index (Phi) is 3.71. The molecule has 19 heavy (non-hydrogen) atoms. The predicted octanol–water partition coefficient (Wildman–Crippen LogP) is 2.14. The van der Waals surface area contributed by atoms with Gasteiger partial charge in [-0.1, -0.05) is 24.3 Å². The number of benzene rings is 1. The van der Waals surface area contributed by atoms with Gasteiger partial charge < -0.3 is 5.32 Å². The van der Waals surface area contributed by atoms with Gasteiger partial charge in [-0.25, -0.2) is 0 Å². The van der Waals surface area contributed by atoms with Gasteiger partial charge in [0.1, 0.15) is 6.54 Å². The van der Waals surface area contributed by atoms with E-state index >= 15 is 0 Å². The molecular weight excluding hydrogens is 264 g/mol. The smallest absolute Gasteiger partial charge is 0.294 e. The number of anilines is 1. The fourth-order valence-electron chi connectivity index (χ4n) is 1.55. The highest BCUT2D eigenvalue weighted by molar-refractivity contribution is 8.18. The quantitative estimate of drug-likeness (QED) is 0.859. The minimum atomic E-state index is -0.506. The van der Waals surface area contributed by atoms with E-state index < -0.39 is 17.1 Å². The van der Waals surface area contributed by atoms with Gasteiger partial charge in [-0.15, -0.1) is 0 Å². The maximum absolute atomic E-state index is 11.8. The number of imide groups is 1. The van der Waals surface area contributed by atoms with Crippen LogP contribution in [0.15, 0.2) is 35.7 Å². The molecule has 0 aliphatic carbocycles. The molecule has 1 aromatic carbocycles. The van der Waals surface area contributed by atoms with Gasteiger partial charge in [0.25, 0.3) is 11.1 Å². The summed E-state index contributed by atoms with van der Waals surface area (Å²) in [4.78, 5) is 35.8. The highest BCUT2D eigenvalue weighted by atomic mass is 32.2. The van der Waals surface area contributed by atoms with Crippen molar-refractivity contribution < 1.29 is 14.4 Å². The lowest BCUT2D eigenvalue weighted by Crippen LogP contribution is -2.36. The molecule has 1 heterocycles. The second-order valence-corrected chi connectivity index (χ2v) is 5.14. The van der Waals surface area contributed by atoms with E-state index in [4.69, 9.17) is 0 Å². The Labute approximate surface area is 114 Å². The van der Waals surface area contributed by atoms with E-state index in [0.717, 1.165) is 22.2 Å². The molecule has 1 aliphatic rings. The summed E-state index contributed by atoms with van der Waals surface area (Å²) >= 11 is 0.750. The number of carbonyl (C=O) groups is 3. The van der Waals surface area contributed by atoms with Crippen molar-refractivity contribution in [3.8, 4) is 0 Å². The summed E-state index contributed by atoms with van der Waals surface area (Å²) in [5, 5.41) is 2.16. The summed E-state index contributed by atoms with van der Waals surface area (Å²) in [6.45, 7) is 5.10. The van der Waals surface area contributed by atoms with E-state index in [1.54, 1.807) is 12.1 Å². The van der Waals surface area contributed by atoms with Crippen molar-refractivity contribution in [3.63, 3.8) is 0 Å². The van der Waals surface area contributed by atoms with E-state index in [0.29, 0.717) is 5.69 Å². The van der Waals surface area contributed by atoms with Crippen LogP contribution in [0.4, 0.5) is 10.5 Å². The number of nitrogens with zero attached hydrogens (tertiary/aromatic N) is 1. The van der Waals surface area contributed by atoms with Crippen LogP contribution >= 0.6 is 11.8 Å². The summed E-state index contributed by atoms with van der Waals surface area (Å²) in [6.07, 6.45) is 0. The van der Waals surface area contributed by atoms with E-state index in [9.17, 15) is 14.4 Å². The Hall–Kier alpha value is -2.08. The molecule has 1 aliphatic heterocycles. The minimum Gasteiger partial charge on any atom is -0.325 e. The van der Waals surface area contributed by atoms with Gasteiger partial charge in [-0.05, 0) is 30.8 Å². The van der Waals surface area contributed by atoms with Crippen LogP contribution in [0.2, 0.25) is 0 Å². The first-order chi connectivity index (χ1) is 8.97. The number of hydrogen-bond donors (Lipinski definition) is 1. The zero-order chi connectivity index (χ0) is 14.0. The highest BCUT2D eigenvalue weighted by Gasteiger charge is 2.34. The lowest BCUT2D eigenvalue weighted by atomic mass is 10.2. The molecule has 6 heteroatoms. The van der Waals surface area contributed by atoms with Gasteiger partial charge in [-0.3, -0.25) is 19.3 Å². The van der Waals surface area contributed by atoms with Gasteiger partial charge in [0.15, 0.2) is 0 Å². The predicted molar refractivity (Wildman–Crippen MR) is 73.6 cm³/mol. The molecule has 98 valence electrons. The second-order valence-electron chi connectivity index (χ2n) is 4.10. The molecule has 1 saturated heterocycles. The summed E-state index contributed by atoms with van der Waals surface area (Å²) in [5.74, 6) is -0.921. The monoisotopic (exact) mass is 276 g/mol. The molecule has 5 nitrogen and oxygen atoms in total. The molecule has 1 aromatic rings. The standard InChI is InChI=1S/C13H12N2O3S/c1-8-3-5-10(6-4-8)14-11(16)7-15-12(17)9(2)19-13(15)18/h3-6H,2,7H2,1H3,(H,14,16). The van der Waals surface area contributed by atoms with Gasteiger partial charge in [0.2, 0.25) is 5.91 Å². The van der Waals surface area contributed by atoms with Gasteiger partial charge >= 0.3 is 0 Å². The maximum atomic E-state index is 11.8. The molecule has 1 fully saturated rings. The molecule has 0 atom stereocenters. The largest absolute Gasteiger partial charge is 0.325 e. The summed E-state index contributed by atoms with van der Waals surface area (Å²) in [6, 6.07) is 7.24. The summed E-state index contributed by atoms with van der Waals surface area (Å²) in [5.41, 5.74) is 1.71. The zero-order valence-corrected chi connectivity index (χ0v) is 11.1. The molecule has 0 saturated carbocycles. The number of rotatable bonds is 3. The van der Waals surface area contributed by atoms with Crippen LogP contribution in [0.3, 0.4) is 0 Å². The third kappa shape index (κ3) is 3.03. The van der Waals surface area contributed by atoms with E-state index in [2.05, 4.69) is 11.9 Å². The molecule has 0 aromatic heterocycles. The second kappa shape index (κ2) is 5.27. The number of hydrogen-bond acceptors (Lipinski definition) is 4. The Balaban J connectivity index is 1.98. The first kappa shape index (κ1) is 13.4. The zero-order valence-electron chi connectivity index (χ0n) is 10.3. The van der Waals surface area contributed by atoms with Crippen molar-refractivity contribution in [3.05, 3.63) is 41.3 Å². The SMILES string of the molecule is C=C1SC(=O)N(CC(=O)Nc2ccc(C)cc2)C1=O. The van der Waals surface area contributed by atoms with Crippen LogP contribution in [-0.4, -0.2) is 28.5 Å². The number of nitrogens with one attached hydrogen (secondary N) is 1. The molecule has 0 unspecified atom stereocenters. The lowest BCUT2D eigenvalue weighted by molar-refractivity contribution is -0.127. The molecule has 0 bridgehead atoms. The van der Waals surface area contributed by atoms with Crippen LogP contribution < -0.4 is 5.32 Å². The van der Waals surface area contributed by atoms with Crippen LogP contribution in [0.5, 0.6) is 0 Å². The molecule has 1 N–H and O–H groups in total. The topological polar surface area (TPSA) is 66.5 Å². The van der Waals surface area contributed by atoms with Crippen molar-refractivity contribution in [2.45, 2.75) is 6.92 Å². The molecular formula is C13H12N2O3S. The highest BCUT2D eigenvalue weighted by Crippen LogP contribution is 2.28. The van der Waals surface area contributed by atoms with Crippen molar-refractivity contribution in [2.24, 2.45) is 0 Å². The van der Waals surface area contributed by atoms with Crippen molar-refractivity contribution in [1.29, 1.82) is 0 Å². The number of aryl methyl sites for hydroxylation is 1. The summed E-state index contributed by atoms with van der Waals surface area (Å²) < 4.78 is 0. The van der Waals surface area contributed by atoms with Crippen LogP contribution in [0.25, 0.3) is 0 Å². The lowest BCUT2D eigenvalue weighted by Gasteiger charge is -2.12. The van der Waals surface area contributed by atoms with Crippen molar-refractivity contribution >= 4 is 34.5 Å².